The topological polar surface area (TPSA) is 49.7 Å². The molecule has 12 heavy (non-hydrogen) atoms. The number of carbonyl (C=O) groups is 1. The van der Waals surface area contributed by atoms with E-state index in [1.54, 1.807) is 0 Å². The van der Waals surface area contributed by atoms with Crippen molar-refractivity contribution in [2.75, 3.05) is 0 Å². The maximum atomic E-state index is 11.3. The summed E-state index contributed by atoms with van der Waals surface area (Å²) in [7, 11) is 0. The Morgan fingerprint density at radius 3 is 2.75 bits per heavy atom. The van der Waals surface area contributed by atoms with Crippen molar-refractivity contribution < 1.29 is 10.0 Å². The molecule has 0 spiro atoms. The van der Waals surface area contributed by atoms with Gasteiger partial charge in [-0.15, -0.1) is 0 Å². The highest BCUT2D eigenvalue weighted by Crippen LogP contribution is 2.36. The Morgan fingerprint density at radius 2 is 2.00 bits per heavy atom. The molecule has 1 N–H and O–H groups in total. The van der Waals surface area contributed by atoms with Gasteiger partial charge in [0.25, 0.3) is 0 Å². The molecule has 0 radical (unpaired) electrons. The second kappa shape index (κ2) is 2.88. The van der Waals surface area contributed by atoms with Crippen LogP contribution in [0, 0.1) is 11.8 Å². The van der Waals surface area contributed by atoms with E-state index >= 15 is 0 Å². The van der Waals surface area contributed by atoms with Crippen molar-refractivity contribution in [1.82, 2.24) is 0 Å². The van der Waals surface area contributed by atoms with Gasteiger partial charge in [-0.3, -0.25) is 4.79 Å². The van der Waals surface area contributed by atoms with Crippen molar-refractivity contribution in [2.24, 2.45) is 17.0 Å². The minimum Gasteiger partial charge on any atom is -0.411 e. The summed E-state index contributed by atoms with van der Waals surface area (Å²) in [5.74, 6) is 1.09. The molecule has 2 unspecified atom stereocenters. The highest BCUT2D eigenvalue weighted by atomic mass is 16.4. The second-order valence-electron chi connectivity index (χ2n) is 3.76. The maximum Gasteiger partial charge on any atom is 0.136 e. The monoisotopic (exact) mass is 167 g/mol. The summed E-state index contributed by atoms with van der Waals surface area (Å²) in [5, 5.41) is 12.0. The normalized spacial score (nSPS) is 38.7. The largest absolute Gasteiger partial charge is 0.411 e. The van der Waals surface area contributed by atoms with Crippen LogP contribution in [0.4, 0.5) is 0 Å². The predicted octanol–water partition coefficient (Wildman–Crippen LogP) is 1.60. The van der Waals surface area contributed by atoms with E-state index in [2.05, 4.69) is 5.16 Å². The van der Waals surface area contributed by atoms with Gasteiger partial charge in [0.2, 0.25) is 0 Å². The summed E-state index contributed by atoms with van der Waals surface area (Å²) in [5.41, 5.74) is 0.916. The van der Waals surface area contributed by atoms with Crippen molar-refractivity contribution in [3.63, 3.8) is 0 Å². The van der Waals surface area contributed by atoms with Crippen LogP contribution in [0.15, 0.2) is 5.16 Å². The van der Waals surface area contributed by atoms with Crippen molar-refractivity contribution >= 4 is 11.5 Å². The fourth-order valence-electron chi connectivity index (χ4n) is 2.35. The molecule has 0 amide bonds. The second-order valence-corrected chi connectivity index (χ2v) is 3.76. The van der Waals surface area contributed by atoms with E-state index in [4.69, 9.17) is 5.21 Å². The first kappa shape index (κ1) is 7.77. The Hall–Kier alpha value is -0.860. The first-order chi connectivity index (χ1) is 5.81. The van der Waals surface area contributed by atoms with Gasteiger partial charge in [0.15, 0.2) is 0 Å². The van der Waals surface area contributed by atoms with Gasteiger partial charge in [-0.25, -0.2) is 0 Å². The Bertz CT molecular complexity index is 235. The van der Waals surface area contributed by atoms with Gasteiger partial charge in [-0.05, 0) is 25.7 Å². The van der Waals surface area contributed by atoms with E-state index in [9.17, 15) is 4.79 Å². The predicted molar refractivity (Wildman–Crippen MR) is 44.3 cm³/mol. The number of oxime groups is 1. The minimum atomic E-state index is 0.272. The Kier molecular flexibility index (Phi) is 1.87. The quantitative estimate of drug-likeness (QED) is 0.440. The molecule has 2 rings (SSSR count). The molecule has 0 aliphatic heterocycles. The van der Waals surface area contributed by atoms with Gasteiger partial charge in [-0.1, -0.05) is 5.16 Å². The average Bonchev–Trinajstić information content (AvgIpc) is 2.12. The van der Waals surface area contributed by atoms with Gasteiger partial charge < -0.3 is 5.21 Å². The molecule has 2 fully saturated rings. The zero-order chi connectivity index (χ0) is 8.55. The Balaban J connectivity index is 2.14. The maximum absolute atomic E-state index is 11.3. The molecule has 2 aliphatic carbocycles. The third-order valence-corrected chi connectivity index (χ3v) is 3.11. The van der Waals surface area contributed by atoms with Crippen LogP contribution in [0.2, 0.25) is 0 Å². The summed E-state index contributed by atoms with van der Waals surface area (Å²) in [6.07, 6.45) is 4.23. The molecule has 0 aromatic carbocycles. The summed E-state index contributed by atoms with van der Waals surface area (Å²) in [4.78, 5) is 11.3. The lowest BCUT2D eigenvalue weighted by molar-refractivity contribution is -0.125. The van der Waals surface area contributed by atoms with Crippen LogP contribution in [0.25, 0.3) is 0 Å². The number of hydrogen-bond acceptors (Lipinski definition) is 3. The van der Waals surface area contributed by atoms with Gasteiger partial charge in [0.1, 0.15) is 5.78 Å². The van der Waals surface area contributed by atoms with Crippen molar-refractivity contribution in [1.29, 1.82) is 0 Å². The number of fused-ring (bicyclic) bond motifs is 2. The Morgan fingerprint density at radius 1 is 1.25 bits per heavy atom. The van der Waals surface area contributed by atoms with Gasteiger partial charge >= 0.3 is 0 Å². The first-order valence-electron chi connectivity index (χ1n) is 4.55. The fourth-order valence-corrected chi connectivity index (χ4v) is 2.35. The third kappa shape index (κ3) is 1.13. The SMILES string of the molecule is O=C1CCC2CC1CC/C2=N\O. The highest BCUT2D eigenvalue weighted by Gasteiger charge is 2.35. The average molecular weight is 167 g/mol. The molecular formula is C9H13NO2. The van der Waals surface area contributed by atoms with E-state index in [0.717, 1.165) is 31.4 Å². The summed E-state index contributed by atoms with van der Waals surface area (Å²) >= 11 is 0. The van der Waals surface area contributed by atoms with E-state index in [1.165, 1.54) is 0 Å². The number of carbonyl (C=O) groups excluding carboxylic acids is 1. The zero-order valence-corrected chi connectivity index (χ0v) is 6.99. The molecule has 0 heterocycles. The van der Waals surface area contributed by atoms with E-state index < -0.39 is 0 Å². The lowest BCUT2D eigenvalue weighted by Gasteiger charge is -2.33. The van der Waals surface area contributed by atoms with Gasteiger partial charge in [-0.2, -0.15) is 0 Å². The van der Waals surface area contributed by atoms with Crippen molar-refractivity contribution in [3.8, 4) is 0 Å². The van der Waals surface area contributed by atoms with Crippen LogP contribution in [-0.4, -0.2) is 16.7 Å². The zero-order valence-electron chi connectivity index (χ0n) is 6.99. The lowest BCUT2D eigenvalue weighted by Crippen LogP contribution is -2.34. The fraction of sp³-hybridized carbons (Fsp3) is 0.778. The minimum absolute atomic E-state index is 0.272. The smallest absolute Gasteiger partial charge is 0.136 e. The van der Waals surface area contributed by atoms with Crippen molar-refractivity contribution in [2.45, 2.75) is 32.1 Å². The van der Waals surface area contributed by atoms with Gasteiger partial charge in [0.05, 0.1) is 5.71 Å². The van der Waals surface area contributed by atoms with Crippen molar-refractivity contribution in [3.05, 3.63) is 0 Å². The van der Waals surface area contributed by atoms with Crippen LogP contribution < -0.4 is 0 Å². The summed E-state index contributed by atoms with van der Waals surface area (Å²) < 4.78 is 0. The van der Waals surface area contributed by atoms with E-state index in [0.29, 0.717) is 18.1 Å². The summed E-state index contributed by atoms with van der Waals surface area (Å²) in [6, 6.07) is 0. The van der Waals surface area contributed by atoms with Crippen LogP contribution in [-0.2, 0) is 4.79 Å². The number of nitrogens with zero attached hydrogens (tertiary/aromatic N) is 1. The van der Waals surface area contributed by atoms with Crippen LogP contribution in [0.3, 0.4) is 0 Å². The standard InChI is InChI=1S/C9H13NO2/c11-9-4-2-6-5-7(9)1-3-8(6)10-12/h6-7,12H,1-5H2/b10-8+. The number of hydrogen-bond donors (Lipinski definition) is 1. The van der Waals surface area contributed by atoms with Crippen LogP contribution >= 0.6 is 0 Å². The number of ketones is 1. The van der Waals surface area contributed by atoms with Crippen LogP contribution in [0.1, 0.15) is 32.1 Å². The third-order valence-electron chi connectivity index (χ3n) is 3.11. The van der Waals surface area contributed by atoms with Crippen LogP contribution in [0.5, 0.6) is 0 Å². The molecule has 2 atom stereocenters. The molecule has 0 saturated heterocycles. The molecule has 2 saturated carbocycles. The molecule has 0 aromatic rings. The molecule has 66 valence electrons. The molecule has 3 heteroatoms. The Labute approximate surface area is 71.5 Å². The molecular weight excluding hydrogens is 154 g/mol. The molecule has 2 bridgehead atoms. The first-order valence-corrected chi connectivity index (χ1v) is 4.55. The van der Waals surface area contributed by atoms with E-state index in [-0.39, 0.29) is 5.92 Å². The molecule has 3 nitrogen and oxygen atoms in total. The summed E-state index contributed by atoms with van der Waals surface area (Å²) in [6.45, 7) is 0. The lowest BCUT2D eigenvalue weighted by atomic mass is 9.71. The highest BCUT2D eigenvalue weighted by molar-refractivity contribution is 5.92. The molecule has 0 aromatic heterocycles. The van der Waals surface area contributed by atoms with E-state index in [1.807, 2.05) is 0 Å². The van der Waals surface area contributed by atoms with Gasteiger partial charge in [0, 0.05) is 18.3 Å². The number of rotatable bonds is 0. The number of Topliss-reactive ketones (excluding diaryl/α,β-unsaturated/α-hetero) is 1. The molecule has 2 aliphatic rings.